The Hall–Kier alpha value is -2.66. The van der Waals surface area contributed by atoms with Crippen molar-refractivity contribution >= 4 is 23.2 Å². The van der Waals surface area contributed by atoms with Crippen LogP contribution in [-0.4, -0.2) is 16.1 Å². The van der Waals surface area contributed by atoms with Crippen LogP contribution in [0.5, 0.6) is 0 Å². The van der Waals surface area contributed by atoms with Crippen molar-refractivity contribution in [3.63, 3.8) is 0 Å². The summed E-state index contributed by atoms with van der Waals surface area (Å²) >= 11 is 6.02. The summed E-state index contributed by atoms with van der Waals surface area (Å²) in [5.41, 5.74) is 2.60. The quantitative estimate of drug-likeness (QED) is 0.731. The lowest BCUT2D eigenvalue weighted by Crippen LogP contribution is -2.17. The van der Waals surface area contributed by atoms with Gasteiger partial charge in [0.1, 0.15) is 0 Å². The van der Waals surface area contributed by atoms with E-state index in [4.69, 9.17) is 16.0 Å². The molecule has 0 radical (unpaired) electrons. The zero-order valence-corrected chi connectivity index (χ0v) is 14.7. The summed E-state index contributed by atoms with van der Waals surface area (Å²) in [4.78, 5) is 12.6. The summed E-state index contributed by atoms with van der Waals surface area (Å²) in [5, 5.41) is 11.5. The number of amides is 1. The Morgan fingerprint density at radius 2 is 1.92 bits per heavy atom. The van der Waals surface area contributed by atoms with Crippen LogP contribution in [0.25, 0.3) is 0 Å². The predicted molar refractivity (Wildman–Crippen MR) is 96.8 cm³/mol. The summed E-state index contributed by atoms with van der Waals surface area (Å²) < 4.78 is 5.57. The van der Waals surface area contributed by atoms with Gasteiger partial charge in [0.15, 0.2) is 0 Å². The molecule has 25 heavy (non-hydrogen) atoms. The number of carbonyl (C=O) groups is 1. The van der Waals surface area contributed by atoms with Gasteiger partial charge in [0, 0.05) is 24.1 Å². The standard InChI is InChI=1S/C19H18ClN3O2/c1-12-8-9-15(20)10-17(12)21-18(24)11-16(14-6-4-3-5-7-14)19-23-22-13(2)25-19/h3-10,16H,11H2,1-2H3,(H,21,24). The Morgan fingerprint density at radius 3 is 2.60 bits per heavy atom. The van der Waals surface area contributed by atoms with E-state index >= 15 is 0 Å². The van der Waals surface area contributed by atoms with Crippen LogP contribution in [0.4, 0.5) is 5.69 Å². The van der Waals surface area contributed by atoms with Crippen molar-refractivity contribution < 1.29 is 9.21 Å². The molecule has 2 aromatic carbocycles. The van der Waals surface area contributed by atoms with E-state index in [1.807, 2.05) is 43.3 Å². The zero-order valence-electron chi connectivity index (χ0n) is 14.0. The number of carbonyl (C=O) groups excluding carboxylic acids is 1. The average molecular weight is 356 g/mol. The SMILES string of the molecule is Cc1nnc(C(CC(=O)Nc2cc(Cl)ccc2C)c2ccccc2)o1. The van der Waals surface area contributed by atoms with Crippen molar-refractivity contribution in [1.29, 1.82) is 0 Å². The Kier molecular flexibility index (Phi) is 5.14. The maximum atomic E-state index is 12.6. The molecule has 1 unspecified atom stereocenters. The highest BCUT2D eigenvalue weighted by Gasteiger charge is 2.23. The summed E-state index contributed by atoms with van der Waals surface area (Å²) in [6.45, 7) is 3.65. The van der Waals surface area contributed by atoms with Crippen molar-refractivity contribution in [2.45, 2.75) is 26.2 Å². The minimum Gasteiger partial charge on any atom is -0.425 e. The van der Waals surface area contributed by atoms with Crippen LogP contribution in [0.3, 0.4) is 0 Å². The van der Waals surface area contributed by atoms with Gasteiger partial charge >= 0.3 is 0 Å². The Labute approximate surface area is 151 Å². The highest BCUT2D eigenvalue weighted by atomic mass is 35.5. The van der Waals surface area contributed by atoms with Gasteiger partial charge in [0.25, 0.3) is 0 Å². The molecule has 0 aliphatic heterocycles. The van der Waals surface area contributed by atoms with Gasteiger partial charge in [-0.1, -0.05) is 48.0 Å². The van der Waals surface area contributed by atoms with Crippen LogP contribution < -0.4 is 5.32 Å². The van der Waals surface area contributed by atoms with Crippen molar-refractivity contribution in [2.75, 3.05) is 5.32 Å². The van der Waals surface area contributed by atoms with Crippen molar-refractivity contribution in [1.82, 2.24) is 10.2 Å². The molecule has 128 valence electrons. The molecule has 0 aliphatic rings. The number of aryl methyl sites for hydroxylation is 2. The van der Waals surface area contributed by atoms with Crippen LogP contribution in [0.15, 0.2) is 52.9 Å². The lowest BCUT2D eigenvalue weighted by molar-refractivity contribution is -0.116. The van der Waals surface area contributed by atoms with Crippen LogP contribution in [0.1, 0.15) is 35.2 Å². The number of benzene rings is 2. The third kappa shape index (κ3) is 4.25. The second kappa shape index (κ2) is 7.49. The number of rotatable bonds is 5. The Bertz CT molecular complexity index is 877. The summed E-state index contributed by atoms with van der Waals surface area (Å²) in [6, 6.07) is 15.1. The van der Waals surface area contributed by atoms with E-state index in [1.54, 1.807) is 19.1 Å². The predicted octanol–water partition coefficient (Wildman–Crippen LogP) is 4.50. The molecule has 1 amide bonds. The first-order valence-corrected chi connectivity index (χ1v) is 8.31. The molecular formula is C19H18ClN3O2. The molecule has 1 atom stereocenters. The van der Waals surface area contributed by atoms with E-state index < -0.39 is 0 Å². The summed E-state index contributed by atoms with van der Waals surface area (Å²) in [7, 11) is 0. The Morgan fingerprint density at radius 1 is 1.16 bits per heavy atom. The smallest absolute Gasteiger partial charge is 0.225 e. The number of aromatic nitrogens is 2. The topological polar surface area (TPSA) is 68.0 Å². The van der Waals surface area contributed by atoms with Gasteiger partial charge in [-0.2, -0.15) is 0 Å². The fourth-order valence-corrected chi connectivity index (χ4v) is 2.77. The van der Waals surface area contributed by atoms with Gasteiger partial charge in [-0.05, 0) is 30.2 Å². The lowest BCUT2D eigenvalue weighted by Gasteiger charge is -2.14. The largest absolute Gasteiger partial charge is 0.425 e. The van der Waals surface area contributed by atoms with Gasteiger partial charge in [-0.25, -0.2) is 0 Å². The fourth-order valence-electron chi connectivity index (χ4n) is 2.60. The molecule has 6 heteroatoms. The molecule has 3 rings (SSSR count). The van der Waals surface area contributed by atoms with Crippen molar-refractivity contribution in [3.8, 4) is 0 Å². The number of nitrogens with zero attached hydrogens (tertiary/aromatic N) is 2. The van der Waals surface area contributed by atoms with E-state index in [-0.39, 0.29) is 18.2 Å². The molecule has 0 saturated heterocycles. The Balaban J connectivity index is 1.83. The summed E-state index contributed by atoms with van der Waals surface area (Å²) in [6.07, 6.45) is 0.192. The highest BCUT2D eigenvalue weighted by molar-refractivity contribution is 6.31. The van der Waals surface area contributed by atoms with Gasteiger partial charge in [0.2, 0.25) is 17.7 Å². The minimum absolute atomic E-state index is 0.143. The van der Waals surface area contributed by atoms with E-state index in [0.29, 0.717) is 22.5 Å². The van der Waals surface area contributed by atoms with E-state index in [0.717, 1.165) is 11.1 Å². The average Bonchev–Trinajstić information content (AvgIpc) is 3.03. The lowest BCUT2D eigenvalue weighted by atomic mass is 9.95. The highest BCUT2D eigenvalue weighted by Crippen LogP contribution is 2.28. The second-order valence-electron chi connectivity index (χ2n) is 5.83. The minimum atomic E-state index is -0.304. The zero-order chi connectivity index (χ0) is 17.8. The number of hydrogen-bond acceptors (Lipinski definition) is 4. The third-order valence-corrected chi connectivity index (χ3v) is 4.14. The third-order valence-electron chi connectivity index (χ3n) is 3.90. The van der Waals surface area contributed by atoms with Crippen molar-refractivity contribution in [3.05, 3.63) is 76.5 Å². The van der Waals surface area contributed by atoms with E-state index in [2.05, 4.69) is 15.5 Å². The maximum Gasteiger partial charge on any atom is 0.225 e. The first kappa shape index (κ1) is 17.2. The molecular weight excluding hydrogens is 338 g/mol. The monoisotopic (exact) mass is 355 g/mol. The number of nitrogens with one attached hydrogen (secondary N) is 1. The van der Waals surface area contributed by atoms with Crippen LogP contribution >= 0.6 is 11.6 Å². The maximum absolute atomic E-state index is 12.6. The number of hydrogen-bond donors (Lipinski definition) is 1. The van der Waals surface area contributed by atoms with Gasteiger partial charge in [-0.3, -0.25) is 4.79 Å². The molecule has 0 saturated carbocycles. The molecule has 0 aliphatic carbocycles. The second-order valence-corrected chi connectivity index (χ2v) is 6.27. The molecule has 0 bridgehead atoms. The molecule has 1 aromatic heterocycles. The molecule has 5 nitrogen and oxygen atoms in total. The van der Waals surface area contributed by atoms with Gasteiger partial charge in [0.05, 0.1) is 5.92 Å². The van der Waals surface area contributed by atoms with Crippen LogP contribution in [0, 0.1) is 13.8 Å². The van der Waals surface area contributed by atoms with Crippen molar-refractivity contribution in [2.24, 2.45) is 0 Å². The van der Waals surface area contributed by atoms with E-state index in [1.165, 1.54) is 0 Å². The first-order chi connectivity index (χ1) is 12.0. The summed E-state index contributed by atoms with van der Waals surface area (Å²) in [5.74, 6) is 0.459. The molecule has 3 aromatic rings. The molecule has 0 spiro atoms. The molecule has 1 heterocycles. The number of halogens is 1. The number of anilines is 1. The molecule has 0 fully saturated rings. The first-order valence-electron chi connectivity index (χ1n) is 7.94. The fraction of sp³-hybridized carbons (Fsp3) is 0.211. The van der Waals surface area contributed by atoms with Crippen LogP contribution in [-0.2, 0) is 4.79 Å². The normalized spacial score (nSPS) is 12.0. The van der Waals surface area contributed by atoms with Gasteiger partial charge in [-0.15, -0.1) is 10.2 Å². The van der Waals surface area contributed by atoms with E-state index in [9.17, 15) is 4.79 Å². The van der Waals surface area contributed by atoms with Crippen LogP contribution in [0.2, 0.25) is 5.02 Å². The molecule has 1 N–H and O–H groups in total. The van der Waals surface area contributed by atoms with Gasteiger partial charge < -0.3 is 9.73 Å².